The maximum atomic E-state index is 12.9. The lowest BCUT2D eigenvalue weighted by molar-refractivity contribution is 0.0954. The fourth-order valence-electron chi connectivity index (χ4n) is 3.46. The topological polar surface area (TPSA) is 75.7 Å². The van der Waals surface area contributed by atoms with Crippen molar-refractivity contribution in [3.8, 4) is 5.75 Å². The van der Waals surface area contributed by atoms with Crippen molar-refractivity contribution in [1.82, 2.24) is 5.32 Å². The van der Waals surface area contributed by atoms with E-state index in [9.17, 15) is 13.2 Å². The maximum Gasteiger partial charge on any atom is 0.264 e. The molecular weight excluding hydrogens is 400 g/mol. The number of nitrogens with one attached hydrogen (secondary N) is 1. The van der Waals surface area contributed by atoms with E-state index in [0.29, 0.717) is 23.5 Å². The first-order valence-electron chi connectivity index (χ1n) is 10.1. The average Bonchev–Trinajstić information content (AvgIpc) is 2.79. The van der Waals surface area contributed by atoms with Crippen LogP contribution >= 0.6 is 0 Å². The molecular formula is C23H28N2O4S. The molecule has 1 aliphatic carbocycles. The molecule has 160 valence electrons. The third-order valence-corrected chi connectivity index (χ3v) is 7.11. The van der Waals surface area contributed by atoms with Gasteiger partial charge in [0.05, 0.1) is 17.7 Å². The number of carbonyl (C=O) groups is 1. The van der Waals surface area contributed by atoms with Crippen molar-refractivity contribution in [3.63, 3.8) is 0 Å². The molecule has 3 rings (SSSR count). The van der Waals surface area contributed by atoms with E-state index in [-0.39, 0.29) is 10.8 Å². The van der Waals surface area contributed by atoms with Crippen LogP contribution in [0.1, 0.15) is 42.5 Å². The van der Waals surface area contributed by atoms with Gasteiger partial charge in [0.2, 0.25) is 0 Å². The summed E-state index contributed by atoms with van der Waals surface area (Å²) in [6.45, 7) is 0.578. The number of methoxy groups -OCH3 is 1. The van der Waals surface area contributed by atoms with Crippen LogP contribution in [0.2, 0.25) is 0 Å². The predicted octanol–water partition coefficient (Wildman–Crippen LogP) is 4.14. The van der Waals surface area contributed by atoms with Gasteiger partial charge in [0.25, 0.3) is 15.9 Å². The van der Waals surface area contributed by atoms with Gasteiger partial charge in [-0.05, 0) is 74.6 Å². The highest BCUT2D eigenvalue weighted by Gasteiger charge is 2.22. The van der Waals surface area contributed by atoms with Crippen molar-refractivity contribution in [2.75, 3.05) is 25.0 Å². The van der Waals surface area contributed by atoms with Gasteiger partial charge in [0, 0.05) is 19.2 Å². The molecule has 0 bridgehead atoms. The molecule has 6 nitrogen and oxygen atoms in total. The molecule has 0 fully saturated rings. The molecule has 0 saturated carbocycles. The van der Waals surface area contributed by atoms with E-state index >= 15 is 0 Å². The van der Waals surface area contributed by atoms with E-state index in [1.165, 1.54) is 49.0 Å². The number of allylic oxidation sites excluding steroid dienone is 1. The van der Waals surface area contributed by atoms with Gasteiger partial charge >= 0.3 is 0 Å². The minimum atomic E-state index is -3.75. The van der Waals surface area contributed by atoms with Crippen LogP contribution in [0.4, 0.5) is 5.69 Å². The Balaban J connectivity index is 1.68. The van der Waals surface area contributed by atoms with Crippen LogP contribution in [0.15, 0.2) is 65.1 Å². The normalized spacial score (nSPS) is 14.0. The second kappa shape index (κ2) is 9.80. The molecule has 0 heterocycles. The second-order valence-corrected chi connectivity index (χ2v) is 9.28. The molecule has 0 radical (unpaired) electrons. The SMILES string of the molecule is COc1ccc(S(=O)(=O)N(C)c2cccc(C(=O)NCCC3=CCCCC3)c2)cc1. The Bertz CT molecular complexity index is 1010. The van der Waals surface area contributed by atoms with E-state index in [4.69, 9.17) is 4.74 Å². The molecule has 2 aromatic carbocycles. The molecule has 0 spiro atoms. The first-order valence-corrected chi connectivity index (χ1v) is 11.5. The Labute approximate surface area is 178 Å². The molecule has 30 heavy (non-hydrogen) atoms. The van der Waals surface area contributed by atoms with Gasteiger partial charge in [0.15, 0.2) is 0 Å². The molecule has 0 saturated heterocycles. The van der Waals surface area contributed by atoms with Gasteiger partial charge in [-0.2, -0.15) is 0 Å². The van der Waals surface area contributed by atoms with E-state index in [2.05, 4.69) is 11.4 Å². The van der Waals surface area contributed by atoms with Crippen molar-refractivity contribution in [2.45, 2.75) is 37.0 Å². The number of ether oxygens (including phenoxy) is 1. The number of amides is 1. The number of rotatable bonds is 8. The van der Waals surface area contributed by atoms with Crippen LogP contribution in [0.25, 0.3) is 0 Å². The number of anilines is 1. The van der Waals surface area contributed by atoms with Crippen LogP contribution < -0.4 is 14.4 Å². The van der Waals surface area contributed by atoms with Gasteiger partial charge in [-0.3, -0.25) is 9.10 Å². The Morgan fingerprint density at radius 2 is 1.90 bits per heavy atom. The maximum absolute atomic E-state index is 12.9. The molecule has 7 heteroatoms. The zero-order valence-electron chi connectivity index (χ0n) is 17.4. The summed E-state index contributed by atoms with van der Waals surface area (Å²) in [5, 5.41) is 2.93. The number of sulfonamides is 1. The molecule has 0 atom stereocenters. The number of benzene rings is 2. The van der Waals surface area contributed by atoms with Crippen molar-refractivity contribution in [1.29, 1.82) is 0 Å². The first-order chi connectivity index (χ1) is 14.4. The minimum absolute atomic E-state index is 0.154. The fourth-order valence-corrected chi connectivity index (χ4v) is 4.65. The first kappa shape index (κ1) is 21.9. The predicted molar refractivity (Wildman–Crippen MR) is 119 cm³/mol. The number of hydrogen-bond donors (Lipinski definition) is 1. The highest BCUT2D eigenvalue weighted by molar-refractivity contribution is 7.92. The fraction of sp³-hybridized carbons (Fsp3) is 0.348. The summed E-state index contributed by atoms with van der Waals surface area (Å²) in [5.41, 5.74) is 2.26. The summed E-state index contributed by atoms with van der Waals surface area (Å²) >= 11 is 0. The van der Waals surface area contributed by atoms with Crippen LogP contribution in [0.5, 0.6) is 5.75 Å². The summed E-state index contributed by atoms with van der Waals surface area (Å²) in [6, 6.07) is 12.8. The largest absolute Gasteiger partial charge is 0.497 e. The van der Waals surface area contributed by atoms with Crippen molar-refractivity contribution >= 4 is 21.6 Å². The van der Waals surface area contributed by atoms with Gasteiger partial charge in [0.1, 0.15) is 5.75 Å². The Morgan fingerprint density at radius 1 is 1.13 bits per heavy atom. The average molecular weight is 429 g/mol. The van der Waals surface area contributed by atoms with Crippen molar-refractivity contribution in [3.05, 3.63) is 65.7 Å². The molecule has 1 aliphatic rings. The smallest absolute Gasteiger partial charge is 0.264 e. The lowest BCUT2D eigenvalue weighted by atomic mass is 9.97. The molecule has 1 amide bonds. The highest BCUT2D eigenvalue weighted by atomic mass is 32.2. The van der Waals surface area contributed by atoms with E-state index in [1.807, 2.05) is 0 Å². The van der Waals surface area contributed by atoms with Gasteiger partial charge in [-0.25, -0.2) is 8.42 Å². The third-order valence-electron chi connectivity index (χ3n) is 5.31. The summed E-state index contributed by atoms with van der Waals surface area (Å²) in [5.74, 6) is 0.378. The summed E-state index contributed by atoms with van der Waals surface area (Å²) < 4.78 is 32.1. The number of nitrogens with zero attached hydrogens (tertiary/aromatic N) is 1. The van der Waals surface area contributed by atoms with Gasteiger partial charge in [-0.1, -0.05) is 17.7 Å². The number of carbonyl (C=O) groups excluding carboxylic acids is 1. The van der Waals surface area contributed by atoms with Crippen LogP contribution in [0, 0.1) is 0 Å². The second-order valence-electron chi connectivity index (χ2n) is 7.31. The monoisotopic (exact) mass is 428 g/mol. The van der Waals surface area contributed by atoms with Crippen LogP contribution in [-0.4, -0.2) is 35.0 Å². The quantitative estimate of drug-likeness (QED) is 0.641. The molecule has 0 aromatic heterocycles. The molecule has 2 aromatic rings. The zero-order valence-corrected chi connectivity index (χ0v) is 18.2. The Hall–Kier alpha value is -2.80. The van der Waals surface area contributed by atoms with Crippen molar-refractivity contribution in [2.24, 2.45) is 0 Å². The molecule has 0 aliphatic heterocycles. The summed E-state index contributed by atoms with van der Waals surface area (Å²) in [4.78, 5) is 12.7. The summed E-state index contributed by atoms with van der Waals surface area (Å²) in [6.07, 6.45) is 7.83. The van der Waals surface area contributed by atoms with Crippen LogP contribution in [0.3, 0.4) is 0 Å². The van der Waals surface area contributed by atoms with Crippen LogP contribution in [-0.2, 0) is 10.0 Å². The van der Waals surface area contributed by atoms with Crippen molar-refractivity contribution < 1.29 is 17.9 Å². The minimum Gasteiger partial charge on any atom is -0.497 e. The molecule has 0 unspecified atom stereocenters. The van der Waals surface area contributed by atoms with E-state index in [0.717, 1.165) is 19.3 Å². The molecule has 1 N–H and O–H groups in total. The standard InChI is InChI=1S/C23H28N2O4S/c1-25(30(27,28)22-13-11-21(29-2)12-14-22)20-10-6-9-19(17-20)23(26)24-16-15-18-7-4-3-5-8-18/h6-7,9-14,17H,3-5,8,15-16H2,1-2H3,(H,24,26). The van der Waals surface area contributed by atoms with E-state index in [1.54, 1.807) is 36.4 Å². The Kier molecular flexibility index (Phi) is 7.15. The zero-order chi connectivity index (χ0) is 21.6. The summed E-state index contributed by atoms with van der Waals surface area (Å²) in [7, 11) is -0.748. The Morgan fingerprint density at radius 3 is 2.57 bits per heavy atom. The highest BCUT2D eigenvalue weighted by Crippen LogP contribution is 2.24. The van der Waals surface area contributed by atoms with Gasteiger partial charge < -0.3 is 10.1 Å². The van der Waals surface area contributed by atoms with E-state index < -0.39 is 10.0 Å². The number of hydrogen-bond acceptors (Lipinski definition) is 4. The lowest BCUT2D eigenvalue weighted by Gasteiger charge is -2.20. The third kappa shape index (κ3) is 5.21. The lowest BCUT2D eigenvalue weighted by Crippen LogP contribution is -2.28. The van der Waals surface area contributed by atoms with Gasteiger partial charge in [-0.15, -0.1) is 0 Å².